The van der Waals surface area contributed by atoms with Crippen LogP contribution >= 0.6 is 0 Å². The minimum atomic E-state index is -1.38. The van der Waals surface area contributed by atoms with E-state index in [0.29, 0.717) is 11.4 Å². The zero-order chi connectivity index (χ0) is 15.0. The van der Waals surface area contributed by atoms with Crippen molar-refractivity contribution in [2.75, 3.05) is 5.73 Å². The van der Waals surface area contributed by atoms with Crippen molar-refractivity contribution in [3.8, 4) is 11.5 Å². The number of nitrogens with zero attached hydrogens (tertiary/aromatic N) is 2. The summed E-state index contributed by atoms with van der Waals surface area (Å²) in [5.41, 5.74) is 6.64. The van der Waals surface area contributed by atoms with Crippen LogP contribution in [0.25, 0.3) is 0 Å². The maximum atomic E-state index is 13.7. The number of nitrogens with two attached hydrogens (primary N) is 1. The van der Waals surface area contributed by atoms with Gasteiger partial charge in [-0.3, -0.25) is 4.68 Å². The van der Waals surface area contributed by atoms with Gasteiger partial charge < -0.3 is 15.6 Å². The highest BCUT2D eigenvalue weighted by atomic mass is 19.1. The van der Waals surface area contributed by atoms with Gasteiger partial charge >= 0.3 is 5.97 Å². The number of nitrogen functional groups attached to an aromatic ring is 1. The van der Waals surface area contributed by atoms with E-state index in [1.165, 1.54) is 0 Å². The van der Waals surface area contributed by atoms with E-state index in [0.717, 1.165) is 17.8 Å². The van der Waals surface area contributed by atoms with Gasteiger partial charge in [0, 0.05) is 13.1 Å². The molecule has 0 atom stereocenters. The fraction of sp³-hybridized carbons (Fsp3) is 0.231. The molecule has 2 aromatic rings. The van der Waals surface area contributed by atoms with Gasteiger partial charge in [0.1, 0.15) is 11.5 Å². The number of aromatic nitrogens is 2. The number of benzene rings is 1. The Hall–Kier alpha value is -2.57. The summed E-state index contributed by atoms with van der Waals surface area (Å²) in [6.07, 6.45) is 0. The molecule has 1 aromatic carbocycles. The third kappa shape index (κ3) is 2.29. The summed E-state index contributed by atoms with van der Waals surface area (Å²) in [6, 6.07) is 2.00. The van der Waals surface area contributed by atoms with Crippen LogP contribution in [-0.4, -0.2) is 20.9 Å². The predicted octanol–water partition coefficient (Wildman–Crippen LogP) is 2.25. The van der Waals surface area contributed by atoms with Gasteiger partial charge in [0.25, 0.3) is 0 Å². The third-order valence-corrected chi connectivity index (χ3v) is 2.98. The molecule has 0 saturated heterocycles. The number of aryl methyl sites for hydroxylation is 2. The number of aromatic carboxylic acids is 1. The van der Waals surface area contributed by atoms with E-state index < -0.39 is 17.3 Å². The van der Waals surface area contributed by atoms with Crippen molar-refractivity contribution in [1.29, 1.82) is 0 Å². The number of anilines is 1. The molecule has 0 saturated carbocycles. The van der Waals surface area contributed by atoms with Crippen LogP contribution in [0.4, 0.5) is 10.1 Å². The first-order valence-electron chi connectivity index (χ1n) is 5.81. The van der Waals surface area contributed by atoms with E-state index in [1.54, 1.807) is 25.6 Å². The van der Waals surface area contributed by atoms with Crippen molar-refractivity contribution in [3.05, 3.63) is 34.9 Å². The molecule has 3 N–H and O–H groups in total. The van der Waals surface area contributed by atoms with Crippen molar-refractivity contribution < 1.29 is 19.0 Å². The van der Waals surface area contributed by atoms with Gasteiger partial charge in [-0.25, -0.2) is 9.18 Å². The summed E-state index contributed by atoms with van der Waals surface area (Å²) in [7, 11) is 1.76. The third-order valence-electron chi connectivity index (χ3n) is 2.98. The maximum absolute atomic E-state index is 13.7. The van der Waals surface area contributed by atoms with Crippen LogP contribution in [0.3, 0.4) is 0 Å². The Morgan fingerprint density at radius 3 is 2.60 bits per heavy atom. The monoisotopic (exact) mass is 279 g/mol. The highest BCUT2D eigenvalue weighted by molar-refractivity contribution is 5.89. The van der Waals surface area contributed by atoms with Crippen LogP contribution in [0.5, 0.6) is 11.5 Å². The molecule has 0 unspecified atom stereocenters. The zero-order valence-corrected chi connectivity index (χ0v) is 11.3. The standard InChI is InChI=1S/C13H14FN3O3/c1-6-12(7(2)17(3)16-6)20-11-5-9(14)8(13(18)19)4-10(11)15/h4-5H,15H2,1-3H3,(H,18,19). The first-order valence-corrected chi connectivity index (χ1v) is 5.81. The highest BCUT2D eigenvalue weighted by Gasteiger charge is 2.17. The van der Waals surface area contributed by atoms with Gasteiger partial charge in [-0.2, -0.15) is 5.10 Å². The maximum Gasteiger partial charge on any atom is 0.338 e. The lowest BCUT2D eigenvalue weighted by molar-refractivity contribution is 0.0692. The highest BCUT2D eigenvalue weighted by Crippen LogP contribution is 2.33. The normalized spacial score (nSPS) is 10.6. The van der Waals surface area contributed by atoms with E-state index in [4.69, 9.17) is 15.6 Å². The second-order valence-electron chi connectivity index (χ2n) is 4.40. The Morgan fingerprint density at radius 2 is 2.10 bits per heavy atom. The number of ether oxygens (including phenoxy) is 1. The molecule has 7 heteroatoms. The number of hydrogen-bond donors (Lipinski definition) is 2. The lowest BCUT2D eigenvalue weighted by Crippen LogP contribution is -2.04. The first kappa shape index (κ1) is 13.9. The average Bonchev–Trinajstić information content (AvgIpc) is 2.59. The van der Waals surface area contributed by atoms with E-state index >= 15 is 0 Å². The molecule has 0 amide bonds. The van der Waals surface area contributed by atoms with Gasteiger partial charge in [-0.05, 0) is 19.9 Å². The molecule has 0 radical (unpaired) electrons. The number of rotatable bonds is 3. The second kappa shape index (κ2) is 4.84. The topological polar surface area (TPSA) is 90.4 Å². The van der Waals surface area contributed by atoms with Crippen LogP contribution in [0, 0.1) is 19.7 Å². The molecule has 1 heterocycles. The van der Waals surface area contributed by atoms with Crippen molar-refractivity contribution in [1.82, 2.24) is 9.78 Å². The van der Waals surface area contributed by atoms with E-state index in [2.05, 4.69) is 5.10 Å². The largest absolute Gasteiger partial charge is 0.478 e. The zero-order valence-electron chi connectivity index (χ0n) is 11.3. The smallest absolute Gasteiger partial charge is 0.338 e. The summed E-state index contributed by atoms with van der Waals surface area (Å²) in [5.74, 6) is -1.75. The van der Waals surface area contributed by atoms with Gasteiger partial charge in [0.05, 0.1) is 16.9 Å². The SMILES string of the molecule is Cc1nn(C)c(C)c1Oc1cc(F)c(C(=O)O)cc1N. The molecule has 6 nitrogen and oxygen atoms in total. The fourth-order valence-electron chi connectivity index (χ4n) is 1.84. The quantitative estimate of drug-likeness (QED) is 0.841. The molecular formula is C13H14FN3O3. The van der Waals surface area contributed by atoms with Crippen LogP contribution in [-0.2, 0) is 7.05 Å². The molecule has 0 aliphatic rings. The summed E-state index contributed by atoms with van der Waals surface area (Å²) in [5, 5.41) is 13.0. The number of carboxylic acid groups (broad SMARTS) is 1. The van der Waals surface area contributed by atoms with E-state index in [-0.39, 0.29) is 11.4 Å². The predicted molar refractivity (Wildman–Crippen MR) is 70.5 cm³/mol. The fourth-order valence-corrected chi connectivity index (χ4v) is 1.84. The minimum Gasteiger partial charge on any atom is -0.478 e. The summed E-state index contributed by atoms with van der Waals surface area (Å²) in [4.78, 5) is 10.8. The van der Waals surface area contributed by atoms with E-state index in [1.807, 2.05) is 0 Å². The van der Waals surface area contributed by atoms with Crippen molar-refractivity contribution in [2.24, 2.45) is 7.05 Å². The molecular weight excluding hydrogens is 265 g/mol. The Morgan fingerprint density at radius 1 is 1.45 bits per heavy atom. The van der Waals surface area contributed by atoms with Crippen LogP contribution in [0.1, 0.15) is 21.7 Å². The summed E-state index contributed by atoms with van der Waals surface area (Å²) < 4.78 is 20.8. The molecule has 1 aromatic heterocycles. The lowest BCUT2D eigenvalue weighted by atomic mass is 10.1. The minimum absolute atomic E-state index is 0.0476. The van der Waals surface area contributed by atoms with Gasteiger partial charge in [0.15, 0.2) is 11.5 Å². The van der Waals surface area contributed by atoms with Gasteiger partial charge in [-0.1, -0.05) is 0 Å². The Kier molecular flexibility index (Phi) is 3.35. The molecule has 0 spiro atoms. The number of halogens is 1. The van der Waals surface area contributed by atoms with Crippen LogP contribution < -0.4 is 10.5 Å². The van der Waals surface area contributed by atoms with Gasteiger partial charge in [-0.15, -0.1) is 0 Å². The van der Waals surface area contributed by atoms with Crippen LogP contribution in [0.15, 0.2) is 12.1 Å². The van der Waals surface area contributed by atoms with Crippen molar-refractivity contribution in [2.45, 2.75) is 13.8 Å². The number of carboxylic acids is 1. The van der Waals surface area contributed by atoms with Crippen molar-refractivity contribution >= 4 is 11.7 Å². The molecule has 0 aliphatic carbocycles. The second-order valence-corrected chi connectivity index (χ2v) is 4.40. The molecule has 20 heavy (non-hydrogen) atoms. The molecule has 106 valence electrons. The van der Waals surface area contributed by atoms with E-state index in [9.17, 15) is 9.18 Å². The molecule has 0 fully saturated rings. The molecule has 0 bridgehead atoms. The molecule has 2 rings (SSSR count). The average molecular weight is 279 g/mol. The summed E-state index contributed by atoms with van der Waals surface area (Å²) >= 11 is 0. The Balaban J connectivity index is 2.44. The Bertz CT molecular complexity index is 695. The number of hydrogen-bond acceptors (Lipinski definition) is 4. The first-order chi connectivity index (χ1) is 9.31. The van der Waals surface area contributed by atoms with Gasteiger partial charge in [0.2, 0.25) is 0 Å². The summed E-state index contributed by atoms with van der Waals surface area (Å²) in [6.45, 7) is 3.55. The Labute approximate surface area is 114 Å². The molecule has 0 aliphatic heterocycles. The van der Waals surface area contributed by atoms with Crippen molar-refractivity contribution in [3.63, 3.8) is 0 Å². The lowest BCUT2D eigenvalue weighted by Gasteiger charge is -2.10. The number of carbonyl (C=O) groups is 1. The van der Waals surface area contributed by atoms with Crippen LogP contribution in [0.2, 0.25) is 0 Å².